The van der Waals surface area contributed by atoms with Crippen LogP contribution in [0.2, 0.25) is 0 Å². The van der Waals surface area contributed by atoms with Gasteiger partial charge in [0.15, 0.2) is 9.84 Å². The quantitative estimate of drug-likeness (QED) is 0.691. The molecule has 0 bridgehead atoms. The SMILES string of the molecule is CC(C)N1CCC(N(CS(=O)(=O)c2ccccc2)S(=O)(=O)CCN)CC1. The van der Waals surface area contributed by atoms with Crippen molar-refractivity contribution >= 4 is 19.9 Å². The maximum atomic E-state index is 12.8. The highest BCUT2D eigenvalue weighted by molar-refractivity contribution is 7.93. The summed E-state index contributed by atoms with van der Waals surface area (Å²) in [4.78, 5) is 2.41. The first kappa shape index (κ1) is 21.3. The molecule has 1 aliphatic heterocycles. The summed E-state index contributed by atoms with van der Waals surface area (Å²) in [5.74, 6) is -0.784. The molecule has 0 radical (unpaired) electrons. The lowest BCUT2D eigenvalue weighted by atomic mass is 10.0. The second-order valence-electron chi connectivity index (χ2n) is 6.91. The average Bonchev–Trinajstić information content (AvgIpc) is 2.60. The van der Waals surface area contributed by atoms with E-state index >= 15 is 0 Å². The first-order valence-electron chi connectivity index (χ1n) is 8.89. The predicted molar refractivity (Wildman–Crippen MR) is 103 cm³/mol. The number of nitrogens with zero attached hydrogens (tertiary/aromatic N) is 2. The third kappa shape index (κ3) is 5.26. The van der Waals surface area contributed by atoms with E-state index in [1.807, 2.05) is 0 Å². The summed E-state index contributed by atoms with van der Waals surface area (Å²) in [6, 6.07) is 8.04. The molecule has 2 N–H and O–H groups in total. The van der Waals surface area contributed by atoms with Gasteiger partial charge < -0.3 is 10.6 Å². The Bertz CT molecular complexity index is 771. The molecule has 0 saturated carbocycles. The number of sulfone groups is 1. The van der Waals surface area contributed by atoms with Crippen LogP contribution in [0.25, 0.3) is 0 Å². The number of likely N-dealkylation sites (tertiary alicyclic amines) is 1. The van der Waals surface area contributed by atoms with Crippen LogP contribution < -0.4 is 5.73 Å². The molecule has 1 aliphatic rings. The summed E-state index contributed by atoms with van der Waals surface area (Å²) in [6.45, 7) is 5.67. The van der Waals surface area contributed by atoms with E-state index in [4.69, 9.17) is 5.73 Å². The largest absolute Gasteiger partial charge is 0.329 e. The van der Waals surface area contributed by atoms with Crippen molar-refractivity contribution in [3.63, 3.8) is 0 Å². The van der Waals surface area contributed by atoms with Gasteiger partial charge in [-0.15, -0.1) is 0 Å². The molecule has 0 amide bonds. The third-order valence-corrected chi connectivity index (χ3v) is 8.43. The van der Waals surface area contributed by atoms with Crippen molar-refractivity contribution in [2.24, 2.45) is 5.73 Å². The molecule has 9 heteroatoms. The molecule has 2 rings (SSSR count). The lowest BCUT2D eigenvalue weighted by molar-refractivity contribution is 0.138. The van der Waals surface area contributed by atoms with Gasteiger partial charge in [-0.2, -0.15) is 4.31 Å². The van der Waals surface area contributed by atoms with E-state index in [2.05, 4.69) is 18.7 Å². The van der Waals surface area contributed by atoms with Gasteiger partial charge in [0.25, 0.3) is 0 Å². The minimum Gasteiger partial charge on any atom is -0.329 e. The normalized spacial score (nSPS) is 17.9. The van der Waals surface area contributed by atoms with Crippen molar-refractivity contribution in [3.8, 4) is 0 Å². The zero-order valence-corrected chi connectivity index (χ0v) is 17.0. The van der Waals surface area contributed by atoms with E-state index in [9.17, 15) is 16.8 Å². The predicted octanol–water partition coefficient (Wildman–Crippen LogP) is 0.881. The van der Waals surface area contributed by atoms with E-state index in [0.29, 0.717) is 18.9 Å². The fourth-order valence-electron chi connectivity index (χ4n) is 3.24. The Morgan fingerprint density at radius 1 is 1.12 bits per heavy atom. The van der Waals surface area contributed by atoms with Gasteiger partial charge in [0.05, 0.1) is 10.6 Å². The van der Waals surface area contributed by atoms with Gasteiger partial charge in [-0.1, -0.05) is 18.2 Å². The first-order chi connectivity index (χ1) is 12.2. The molecule has 1 aromatic carbocycles. The molecule has 26 heavy (non-hydrogen) atoms. The highest BCUT2D eigenvalue weighted by Crippen LogP contribution is 2.24. The van der Waals surface area contributed by atoms with Crippen LogP contribution >= 0.6 is 0 Å². The molecule has 7 nitrogen and oxygen atoms in total. The van der Waals surface area contributed by atoms with Crippen molar-refractivity contribution in [2.75, 3.05) is 31.3 Å². The van der Waals surface area contributed by atoms with Crippen LogP contribution in [0.5, 0.6) is 0 Å². The van der Waals surface area contributed by atoms with Crippen molar-refractivity contribution in [1.82, 2.24) is 9.21 Å². The highest BCUT2D eigenvalue weighted by Gasteiger charge is 2.36. The van der Waals surface area contributed by atoms with Gasteiger partial charge in [0.1, 0.15) is 5.88 Å². The summed E-state index contributed by atoms with van der Waals surface area (Å²) < 4.78 is 52.1. The molecule has 0 atom stereocenters. The van der Waals surface area contributed by atoms with Crippen LogP contribution in [0, 0.1) is 0 Å². The Labute approximate surface area is 157 Å². The summed E-state index contributed by atoms with van der Waals surface area (Å²) in [5, 5.41) is 0. The minimum atomic E-state index is -3.75. The van der Waals surface area contributed by atoms with Crippen LogP contribution in [-0.4, -0.2) is 69.4 Å². The third-order valence-electron chi connectivity index (χ3n) is 4.77. The van der Waals surface area contributed by atoms with Gasteiger partial charge in [-0.05, 0) is 51.9 Å². The maximum Gasteiger partial charge on any atom is 0.216 e. The van der Waals surface area contributed by atoms with Crippen LogP contribution in [0.4, 0.5) is 0 Å². The summed E-state index contributed by atoms with van der Waals surface area (Å²) in [5.41, 5.74) is 5.46. The van der Waals surface area contributed by atoms with Crippen LogP contribution in [-0.2, 0) is 19.9 Å². The van der Waals surface area contributed by atoms with Gasteiger partial charge in [-0.3, -0.25) is 0 Å². The monoisotopic (exact) mass is 403 g/mol. The number of hydrogen-bond donors (Lipinski definition) is 1. The maximum absolute atomic E-state index is 12.8. The number of nitrogens with two attached hydrogens (primary N) is 1. The van der Waals surface area contributed by atoms with E-state index in [1.54, 1.807) is 18.2 Å². The molecule has 1 saturated heterocycles. The van der Waals surface area contributed by atoms with Gasteiger partial charge >= 0.3 is 0 Å². The second kappa shape index (κ2) is 8.79. The Hall–Kier alpha value is -1.00. The molecular formula is C17H29N3O4S2. The van der Waals surface area contributed by atoms with Crippen LogP contribution in [0.15, 0.2) is 35.2 Å². The van der Waals surface area contributed by atoms with Crippen molar-refractivity contribution in [1.29, 1.82) is 0 Å². The Balaban J connectivity index is 2.26. The second-order valence-corrected chi connectivity index (χ2v) is 10.9. The molecule has 148 valence electrons. The van der Waals surface area contributed by atoms with Crippen LogP contribution in [0.1, 0.15) is 26.7 Å². The zero-order valence-electron chi connectivity index (χ0n) is 15.4. The van der Waals surface area contributed by atoms with Gasteiger partial charge in [0, 0.05) is 18.6 Å². The van der Waals surface area contributed by atoms with E-state index < -0.39 is 25.7 Å². The van der Waals surface area contributed by atoms with Gasteiger partial charge in [0.2, 0.25) is 10.0 Å². The summed E-state index contributed by atoms with van der Waals surface area (Å²) in [6.07, 6.45) is 1.23. The Morgan fingerprint density at radius 3 is 2.19 bits per heavy atom. The lowest BCUT2D eigenvalue weighted by Crippen LogP contribution is -2.51. The number of hydrogen-bond acceptors (Lipinski definition) is 6. The number of rotatable bonds is 8. The van der Waals surface area contributed by atoms with Crippen molar-refractivity contribution < 1.29 is 16.8 Å². The zero-order chi connectivity index (χ0) is 19.4. The number of piperidine rings is 1. The van der Waals surface area contributed by atoms with Crippen molar-refractivity contribution in [2.45, 2.75) is 43.7 Å². The fourth-order valence-corrected chi connectivity index (χ4v) is 6.76. The molecule has 1 heterocycles. The first-order valence-corrected chi connectivity index (χ1v) is 12.1. The standard InChI is InChI=1S/C17H29N3O4S2/c1-15(2)19-11-8-16(9-12-19)20(26(23,24)13-10-18)14-25(21,22)17-6-4-3-5-7-17/h3-7,15-16H,8-14,18H2,1-2H3. The minimum absolute atomic E-state index is 0.0327. The summed E-state index contributed by atoms with van der Waals surface area (Å²) in [7, 11) is -7.49. The Kier molecular flexibility index (Phi) is 7.20. The highest BCUT2D eigenvalue weighted by atomic mass is 32.2. The molecular weight excluding hydrogens is 374 g/mol. The van der Waals surface area contributed by atoms with E-state index in [1.165, 1.54) is 16.4 Å². The smallest absolute Gasteiger partial charge is 0.216 e. The van der Waals surface area contributed by atoms with E-state index in [-0.39, 0.29) is 23.2 Å². The molecule has 0 spiro atoms. The molecule has 1 aromatic rings. The molecule has 0 aromatic heterocycles. The van der Waals surface area contributed by atoms with Crippen molar-refractivity contribution in [3.05, 3.63) is 30.3 Å². The van der Waals surface area contributed by atoms with Gasteiger partial charge in [-0.25, -0.2) is 16.8 Å². The number of sulfonamides is 1. The average molecular weight is 404 g/mol. The summed E-state index contributed by atoms with van der Waals surface area (Å²) >= 11 is 0. The lowest BCUT2D eigenvalue weighted by Gasteiger charge is -2.39. The topological polar surface area (TPSA) is 101 Å². The molecule has 0 aliphatic carbocycles. The molecule has 0 unspecified atom stereocenters. The van der Waals surface area contributed by atoms with E-state index in [0.717, 1.165) is 13.1 Å². The van der Waals surface area contributed by atoms with Crippen LogP contribution in [0.3, 0.4) is 0 Å². The Morgan fingerprint density at radius 2 is 1.69 bits per heavy atom. The molecule has 1 fully saturated rings. The fraction of sp³-hybridized carbons (Fsp3) is 0.647. The number of benzene rings is 1.